The minimum Gasteiger partial charge on any atom is -0.371 e. The van der Waals surface area contributed by atoms with Crippen LogP contribution in [0.4, 0.5) is 0 Å². The number of nitrogens with two attached hydrogens (primary N) is 1. The van der Waals surface area contributed by atoms with Gasteiger partial charge < -0.3 is 10.5 Å². The monoisotopic (exact) mass is 278 g/mol. The molecule has 1 aliphatic heterocycles. The highest BCUT2D eigenvalue weighted by atomic mass is 32.2. The number of nitrogens with zero attached hydrogens (tertiary/aromatic N) is 1. The van der Waals surface area contributed by atoms with Crippen molar-refractivity contribution in [2.75, 3.05) is 25.4 Å². The Morgan fingerprint density at radius 3 is 2.44 bits per heavy atom. The van der Waals surface area contributed by atoms with Crippen molar-refractivity contribution in [1.29, 1.82) is 0 Å². The minimum absolute atomic E-state index is 0.0260. The number of morpholine rings is 1. The standard InChI is InChI=1S/C12H26N2O3S/c1-10-8-14(9-11(7-13)17-10)18(15,16)6-5-12(2,3)4/h10-11H,5-9,13H2,1-4H3. The van der Waals surface area contributed by atoms with Crippen molar-refractivity contribution in [1.82, 2.24) is 4.31 Å². The van der Waals surface area contributed by atoms with Gasteiger partial charge in [-0.3, -0.25) is 0 Å². The molecule has 0 aromatic carbocycles. The molecular formula is C12H26N2O3S. The van der Waals surface area contributed by atoms with Gasteiger partial charge in [0.2, 0.25) is 10.0 Å². The summed E-state index contributed by atoms with van der Waals surface area (Å²) >= 11 is 0. The van der Waals surface area contributed by atoms with Crippen LogP contribution >= 0.6 is 0 Å². The van der Waals surface area contributed by atoms with Gasteiger partial charge in [0.25, 0.3) is 0 Å². The molecule has 0 amide bonds. The SMILES string of the molecule is CC1CN(S(=O)(=O)CCC(C)(C)C)CC(CN)O1. The lowest BCUT2D eigenvalue weighted by molar-refractivity contribution is -0.0486. The number of sulfonamides is 1. The van der Waals surface area contributed by atoms with E-state index in [1.165, 1.54) is 4.31 Å². The summed E-state index contributed by atoms with van der Waals surface area (Å²) in [4.78, 5) is 0. The lowest BCUT2D eigenvalue weighted by Crippen LogP contribution is -2.52. The second kappa shape index (κ2) is 5.86. The van der Waals surface area contributed by atoms with Crippen LogP contribution in [0.1, 0.15) is 34.1 Å². The fraction of sp³-hybridized carbons (Fsp3) is 1.00. The molecule has 1 fully saturated rings. The van der Waals surface area contributed by atoms with Crippen LogP contribution in [0.3, 0.4) is 0 Å². The Morgan fingerprint density at radius 2 is 1.94 bits per heavy atom. The van der Waals surface area contributed by atoms with Crippen molar-refractivity contribution >= 4 is 10.0 Å². The molecule has 0 saturated carbocycles. The van der Waals surface area contributed by atoms with Crippen LogP contribution in [0.2, 0.25) is 0 Å². The molecule has 0 spiro atoms. The van der Waals surface area contributed by atoms with Crippen molar-refractivity contribution < 1.29 is 13.2 Å². The molecule has 2 N–H and O–H groups in total. The van der Waals surface area contributed by atoms with E-state index in [2.05, 4.69) is 0 Å². The summed E-state index contributed by atoms with van der Waals surface area (Å²) in [7, 11) is -3.19. The summed E-state index contributed by atoms with van der Waals surface area (Å²) in [6, 6.07) is 0. The summed E-state index contributed by atoms with van der Waals surface area (Å²) in [6.07, 6.45) is 0.392. The van der Waals surface area contributed by atoms with Gasteiger partial charge in [-0.1, -0.05) is 20.8 Å². The van der Waals surface area contributed by atoms with Crippen LogP contribution in [-0.2, 0) is 14.8 Å². The van der Waals surface area contributed by atoms with Gasteiger partial charge >= 0.3 is 0 Å². The Balaban J connectivity index is 2.66. The van der Waals surface area contributed by atoms with Gasteiger partial charge in [-0.05, 0) is 18.8 Å². The average molecular weight is 278 g/mol. The molecule has 5 nitrogen and oxygen atoms in total. The van der Waals surface area contributed by atoms with Gasteiger partial charge in [0, 0.05) is 19.6 Å². The molecule has 6 heteroatoms. The number of hydrogen-bond acceptors (Lipinski definition) is 4. The molecule has 18 heavy (non-hydrogen) atoms. The third kappa shape index (κ3) is 4.84. The molecule has 0 radical (unpaired) electrons. The number of ether oxygens (including phenoxy) is 1. The third-order valence-corrected chi connectivity index (χ3v) is 4.86. The maximum absolute atomic E-state index is 12.3. The van der Waals surface area contributed by atoms with Gasteiger partial charge in [-0.2, -0.15) is 4.31 Å². The van der Waals surface area contributed by atoms with Crippen LogP contribution < -0.4 is 5.73 Å². The number of rotatable bonds is 4. The normalized spacial score (nSPS) is 27.4. The van der Waals surface area contributed by atoms with Crippen molar-refractivity contribution in [3.05, 3.63) is 0 Å². The largest absolute Gasteiger partial charge is 0.371 e. The van der Waals surface area contributed by atoms with E-state index in [-0.39, 0.29) is 23.4 Å². The highest BCUT2D eigenvalue weighted by Crippen LogP contribution is 2.22. The zero-order chi connectivity index (χ0) is 14.0. The van der Waals surface area contributed by atoms with Crippen molar-refractivity contribution in [2.24, 2.45) is 11.1 Å². The van der Waals surface area contributed by atoms with Gasteiger partial charge in [-0.25, -0.2) is 8.42 Å². The summed E-state index contributed by atoms with van der Waals surface area (Å²) in [6.45, 7) is 9.20. The first kappa shape index (κ1) is 15.9. The van der Waals surface area contributed by atoms with E-state index in [0.29, 0.717) is 26.1 Å². The van der Waals surface area contributed by atoms with Crippen LogP contribution in [0.15, 0.2) is 0 Å². The summed E-state index contributed by atoms with van der Waals surface area (Å²) in [5.74, 6) is 0.195. The molecule has 1 aliphatic rings. The third-order valence-electron chi connectivity index (χ3n) is 3.06. The summed E-state index contributed by atoms with van der Waals surface area (Å²) in [5.41, 5.74) is 5.59. The van der Waals surface area contributed by atoms with E-state index < -0.39 is 10.0 Å². The zero-order valence-corrected chi connectivity index (χ0v) is 12.7. The summed E-state index contributed by atoms with van der Waals surface area (Å²) < 4.78 is 31.6. The summed E-state index contributed by atoms with van der Waals surface area (Å²) in [5, 5.41) is 0. The maximum atomic E-state index is 12.3. The molecule has 1 heterocycles. The Bertz CT molecular complexity index is 362. The predicted octanol–water partition coefficient (Wildman–Crippen LogP) is 0.800. The Morgan fingerprint density at radius 1 is 1.33 bits per heavy atom. The van der Waals surface area contributed by atoms with Gasteiger partial charge in [0.15, 0.2) is 0 Å². The Kier molecular flexibility index (Phi) is 5.17. The molecule has 0 aromatic heterocycles. The van der Waals surface area contributed by atoms with Crippen molar-refractivity contribution in [3.8, 4) is 0 Å². The second-order valence-corrected chi connectivity index (χ2v) is 8.34. The smallest absolute Gasteiger partial charge is 0.214 e. The van der Waals surface area contributed by atoms with E-state index in [9.17, 15) is 8.42 Å². The van der Waals surface area contributed by atoms with E-state index >= 15 is 0 Å². The fourth-order valence-electron chi connectivity index (χ4n) is 1.92. The van der Waals surface area contributed by atoms with E-state index in [0.717, 1.165) is 0 Å². The molecule has 0 aliphatic carbocycles. The number of hydrogen-bond donors (Lipinski definition) is 1. The first-order valence-electron chi connectivity index (χ1n) is 6.47. The quantitative estimate of drug-likeness (QED) is 0.825. The van der Waals surface area contributed by atoms with E-state index in [1.807, 2.05) is 27.7 Å². The zero-order valence-electron chi connectivity index (χ0n) is 11.8. The molecule has 1 rings (SSSR count). The minimum atomic E-state index is -3.19. The van der Waals surface area contributed by atoms with Crippen LogP contribution in [0.5, 0.6) is 0 Å². The van der Waals surface area contributed by atoms with Crippen LogP contribution in [0.25, 0.3) is 0 Å². The fourth-order valence-corrected chi connectivity index (χ4v) is 3.88. The highest BCUT2D eigenvalue weighted by molar-refractivity contribution is 7.89. The van der Waals surface area contributed by atoms with Crippen LogP contribution in [0, 0.1) is 5.41 Å². The Labute approximate surface area is 111 Å². The first-order valence-corrected chi connectivity index (χ1v) is 8.08. The van der Waals surface area contributed by atoms with E-state index in [1.54, 1.807) is 0 Å². The lowest BCUT2D eigenvalue weighted by Gasteiger charge is -2.36. The molecule has 0 aromatic rings. The Hall–Kier alpha value is -0.170. The average Bonchev–Trinajstić information content (AvgIpc) is 2.25. The maximum Gasteiger partial charge on any atom is 0.214 e. The lowest BCUT2D eigenvalue weighted by atomic mass is 9.94. The van der Waals surface area contributed by atoms with Crippen molar-refractivity contribution in [3.63, 3.8) is 0 Å². The molecule has 1 saturated heterocycles. The predicted molar refractivity (Wildman–Crippen MR) is 72.8 cm³/mol. The van der Waals surface area contributed by atoms with Crippen molar-refractivity contribution in [2.45, 2.75) is 46.3 Å². The van der Waals surface area contributed by atoms with Crippen LogP contribution in [-0.4, -0.2) is 50.3 Å². The topological polar surface area (TPSA) is 72.6 Å². The molecular weight excluding hydrogens is 252 g/mol. The second-order valence-electron chi connectivity index (χ2n) is 6.25. The van der Waals surface area contributed by atoms with E-state index in [4.69, 9.17) is 10.5 Å². The molecule has 108 valence electrons. The molecule has 2 atom stereocenters. The molecule has 0 bridgehead atoms. The van der Waals surface area contributed by atoms with Gasteiger partial charge in [0.1, 0.15) is 0 Å². The molecule has 2 unspecified atom stereocenters. The highest BCUT2D eigenvalue weighted by Gasteiger charge is 2.32. The van der Waals surface area contributed by atoms with Gasteiger partial charge in [-0.15, -0.1) is 0 Å². The van der Waals surface area contributed by atoms with Gasteiger partial charge in [0.05, 0.1) is 18.0 Å². The first-order chi connectivity index (χ1) is 8.14.